The molecule has 17 heavy (non-hydrogen) atoms. The zero-order valence-electron chi connectivity index (χ0n) is 10.5. The highest BCUT2D eigenvalue weighted by Gasteiger charge is 2.28. The fraction of sp³-hybridized carbons (Fsp3) is 0.727. The van der Waals surface area contributed by atoms with E-state index in [2.05, 4.69) is 20.5 Å². The summed E-state index contributed by atoms with van der Waals surface area (Å²) in [7, 11) is 3.96. The number of aromatic amines is 1. The lowest BCUT2D eigenvalue weighted by atomic mass is 10.3. The summed E-state index contributed by atoms with van der Waals surface area (Å²) < 4.78 is 0. The van der Waals surface area contributed by atoms with Crippen LogP contribution >= 0.6 is 0 Å². The van der Waals surface area contributed by atoms with Gasteiger partial charge in [-0.25, -0.2) is 4.98 Å². The number of carbonyl (C=O) groups excluding carboxylic acids is 1. The summed E-state index contributed by atoms with van der Waals surface area (Å²) >= 11 is 0. The fourth-order valence-corrected chi connectivity index (χ4v) is 1.42. The van der Waals surface area contributed by atoms with E-state index in [-0.39, 0.29) is 11.7 Å². The minimum atomic E-state index is -0.207. The normalized spacial score (nSPS) is 17.2. The van der Waals surface area contributed by atoms with Crippen LogP contribution in [0.4, 0.5) is 0 Å². The van der Waals surface area contributed by atoms with Gasteiger partial charge in [-0.3, -0.25) is 9.89 Å². The molecule has 0 spiro atoms. The molecule has 1 saturated carbocycles. The highest BCUT2D eigenvalue weighted by atomic mass is 16.2. The van der Waals surface area contributed by atoms with Crippen LogP contribution in [-0.2, 0) is 0 Å². The van der Waals surface area contributed by atoms with Gasteiger partial charge in [0.05, 0.1) is 0 Å². The van der Waals surface area contributed by atoms with E-state index in [4.69, 9.17) is 0 Å². The Morgan fingerprint density at radius 3 is 2.88 bits per heavy atom. The van der Waals surface area contributed by atoms with E-state index in [0.717, 1.165) is 18.7 Å². The predicted molar refractivity (Wildman–Crippen MR) is 63.8 cm³/mol. The number of H-pyrrole nitrogens is 1. The van der Waals surface area contributed by atoms with Crippen LogP contribution in [0, 0.1) is 0 Å². The van der Waals surface area contributed by atoms with Crippen LogP contribution in [0.5, 0.6) is 0 Å². The number of rotatable bonds is 5. The van der Waals surface area contributed by atoms with Crippen LogP contribution in [0.15, 0.2) is 0 Å². The Kier molecular flexibility index (Phi) is 3.42. The molecule has 0 saturated heterocycles. The summed E-state index contributed by atoms with van der Waals surface area (Å²) in [5.41, 5.74) is 0. The van der Waals surface area contributed by atoms with Gasteiger partial charge in [0.1, 0.15) is 5.82 Å². The van der Waals surface area contributed by atoms with Crippen molar-refractivity contribution in [2.45, 2.75) is 31.7 Å². The maximum absolute atomic E-state index is 11.8. The van der Waals surface area contributed by atoms with Gasteiger partial charge in [-0.15, -0.1) is 5.10 Å². The van der Waals surface area contributed by atoms with Gasteiger partial charge in [0.2, 0.25) is 5.82 Å². The van der Waals surface area contributed by atoms with Gasteiger partial charge in [-0.05, 0) is 33.9 Å². The zero-order valence-corrected chi connectivity index (χ0v) is 10.5. The Morgan fingerprint density at radius 1 is 1.59 bits per heavy atom. The molecule has 0 aliphatic heterocycles. The second kappa shape index (κ2) is 4.83. The van der Waals surface area contributed by atoms with E-state index in [9.17, 15) is 4.79 Å². The summed E-state index contributed by atoms with van der Waals surface area (Å²) in [6.07, 6.45) is 2.29. The number of aromatic nitrogens is 3. The summed E-state index contributed by atoms with van der Waals surface area (Å²) in [6, 6.07) is 0.292. The molecule has 6 heteroatoms. The molecular weight excluding hydrogens is 218 g/mol. The number of likely N-dealkylation sites (N-methyl/N-ethyl adjacent to an activating group) is 1. The molecule has 1 amide bonds. The molecule has 2 N–H and O–H groups in total. The number of amides is 1. The first-order valence-electron chi connectivity index (χ1n) is 5.95. The van der Waals surface area contributed by atoms with E-state index in [1.165, 1.54) is 0 Å². The molecule has 0 aromatic carbocycles. The molecule has 1 heterocycles. The summed E-state index contributed by atoms with van der Waals surface area (Å²) in [4.78, 5) is 18.0. The Hall–Kier alpha value is -1.43. The van der Waals surface area contributed by atoms with Crippen molar-refractivity contribution < 1.29 is 4.79 Å². The van der Waals surface area contributed by atoms with Crippen molar-refractivity contribution in [3.63, 3.8) is 0 Å². The van der Waals surface area contributed by atoms with Gasteiger partial charge < -0.3 is 10.2 Å². The van der Waals surface area contributed by atoms with E-state index < -0.39 is 0 Å². The van der Waals surface area contributed by atoms with Crippen molar-refractivity contribution in [2.75, 3.05) is 20.6 Å². The monoisotopic (exact) mass is 237 g/mol. The van der Waals surface area contributed by atoms with Gasteiger partial charge >= 0.3 is 0 Å². The average molecular weight is 237 g/mol. The average Bonchev–Trinajstić information content (AvgIpc) is 3.03. The van der Waals surface area contributed by atoms with Crippen molar-refractivity contribution in [1.29, 1.82) is 0 Å². The van der Waals surface area contributed by atoms with E-state index in [1.807, 2.05) is 25.9 Å². The molecule has 1 aliphatic carbocycles. The minimum Gasteiger partial charge on any atom is -0.348 e. The smallest absolute Gasteiger partial charge is 0.291 e. The number of hydrogen-bond acceptors (Lipinski definition) is 4. The van der Waals surface area contributed by atoms with Gasteiger partial charge in [0.15, 0.2) is 0 Å². The molecular formula is C11H19N5O. The van der Waals surface area contributed by atoms with Gasteiger partial charge in [0.25, 0.3) is 5.91 Å². The summed E-state index contributed by atoms with van der Waals surface area (Å²) in [5.74, 6) is 1.38. The van der Waals surface area contributed by atoms with E-state index >= 15 is 0 Å². The molecule has 1 fully saturated rings. The standard InChI is InChI=1S/C11H19N5O/c1-7(16(2)3)6-12-11(17)10-13-9(14-15-10)8-4-5-8/h7-8H,4-6H2,1-3H3,(H,12,17)(H,13,14,15). The van der Waals surface area contributed by atoms with E-state index in [1.54, 1.807) is 0 Å². The Morgan fingerprint density at radius 2 is 2.29 bits per heavy atom. The first-order chi connectivity index (χ1) is 8.08. The van der Waals surface area contributed by atoms with Crippen molar-refractivity contribution in [3.05, 3.63) is 11.6 Å². The van der Waals surface area contributed by atoms with Crippen LogP contribution < -0.4 is 5.32 Å². The molecule has 2 rings (SSSR count). The second-order valence-corrected chi connectivity index (χ2v) is 4.84. The minimum absolute atomic E-state index is 0.207. The maximum Gasteiger partial charge on any atom is 0.291 e. The van der Waals surface area contributed by atoms with Crippen molar-refractivity contribution in [1.82, 2.24) is 25.4 Å². The van der Waals surface area contributed by atoms with Crippen LogP contribution in [0.1, 0.15) is 42.1 Å². The lowest BCUT2D eigenvalue weighted by molar-refractivity contribution is 0.0933. The zero-order chi connectivity index (χ0) is 12.4. The van der Waals surface area contributed by atoms with Gasteiger partial charge in [-0.1, -0.05) is 0 Å². The molecule has 0 radical (unpaired) electrons. The van der Waals surface area contributed by atoms with Crippen LogP contribution in [0.25, 0.3) is 0 Å². The molecule has 1 aromatic heterocycles. The number of hydrogen-bond donors (Lipinski definition) is 2. The first kappa shape index (κ1) is 12.0. The summed E-state index contributed by atoms with van der Waals surface area (Å²) in [6.45, 7) is 2.65. The highest BCUT2D eigenvalue weighted by molar-refractivity contribution is 5.90. The van der Waals surface area contributed by atoms with Crippen LogP contribution in [0.3, 0.4) is 0 Å². The molecule has 6 nitrogen and oxygen atoms in total. The van der Waals surface area contributed by atoms with E-state index in [0.29, 0.717) is 18.5 Å². The van der Waals surface area contributed by atoms with Crippen molar-refractivity contribution in [3.8, 4) is 0 Å². The maximum atomic E-state index is 11.8. The first-order valence-corrected chi connectivity index (χ1v) is 5.95. The fourth-order valence-electron chi connectivity index (χ4n) is 1.42. The third kappa shape index (κ3) is 3.03. The Bertz CT molecular complexity index is 396. The summed E-state index contributed by atoms with van der Waals surface area (Å²) in [5, 5.41) is 9.59. The molecule has 1 aromatic rings. The molecule has 94 valence electrons. The Labute approximate surface area is 101 Å². The lowest BCUT2D eigenvalue weighted by Gasteiger charge is -2.19. The quantitative estimate of drug-likeness (QED) is 0.775. The molecule has 1 unspecified atom stereocenters. The molecule has 1 aliphatic rings. The second-order valence-electron chi connectivity index (χ2n) is 4.84. The van der Waals surface area contributed by atoms with Crippen LogP contribution in [0.2, 0.25) is 0 Å². The largest absolute Gasteiger partial charge is 0.348 e. The van der Waals surface area contributed by atoms with Crippen molar-refractivity contribution in [2.24, 2.45) is 0 Å². The van der Waals surface area contributed by atoms with Gasteiger partial charge in [-0.2, -0.15) is 0 Å². The number of carbonyl (C=O) groups is 1. The number of nitrogens with zero attached hydrogens (tertiary/aromatic N) is 3. The lowest BCUT2D eigenvalue weighted by Crippen LogP contribution is -2.38. The Balaban J connectivity index is 1.86. The topological polar surface area (TPSA) is 73.9 Å². The highest BCUT2D eigenvalue weighted by Crippen LogP contribution is 2.37. The van der Waals surface area contributed by atoms with Crippen LogP contribution in [-0.4, -0.2) is 52.7 Å². The predicted octanol–water partition coefficient (Wildman–Crippen LogP) is 0.362. The molecule has 1 atom stereocenters. The van der Waals surface area contributed by atoms with Gasteiger partial charge in [0, 0.05) is 18.5 Å². The third-order valence-electron chi connectivity index (χ3n) is 3.11. The number of nitrogens with one attached hydrogen (secondary N) is 2. The SMILES string of the molecule is CC(CNC(=O)c1n[nH]c(C2CC2)n1)N(C)C. The molecule has 0 bridgehead atoms. The van der Waals surface area contributed by atoms with Crippen molar-refractivity contribution >= 4 is 5.91 Å². The third-order valence-corrected chi connectivity index (χ3v) is 3.11.